The first-order valence-corrected chi connectivity index (χ1v) is 6.92. The Labute approximate surface area is 109 Å². The van der Waals surface area contributed by atoms with Crippen LogP contribution in [0.15, 0.2) is 24.3 Å². The Hall–Kier alpha value is -1.06. The maximum Gasteiger partial charge on any atom is 0.122 e. The van der Waals surface area contributed by atoms with Crippen LogP contribution in [-0.4, -0.2) is 32.9 Å². The number of hydrogen-bond acceptors (Lipinski definition) is 3. The summed E-state index contributed by atoms with van der Waals surface area (Å²) in [5.74, 6) is 1.52. The molecule has 1 aliphatic rings. The Kier molecular flexibility index (Phi) is 5.49. The van der Waals surface area contributed by atoms with Gasteiger partial charge in [0, 0.05) is 12.5 Å². The van der Waals surface area contributed by atoms with Crippen molar-refractivity contribution in [3.63, 3.8) is 0 Å². The molecule has 18 heavy (non-hydrogen) atoms. The van der Waals surface area contributed by atoms with Gasteiger partial charge in [0.15, 0.2) is 0 Å². The third kappa shape index (κ3) is 3.72. The smallest absolute Gasteiger partial charge is 0.122 e. The van der Waals surface area contributed by atoms with Crippen LogP contribution >= 0.6 is 0 Å². The molecule has 100 valence electrons. The lowest BCUT2D eigenvalue weighted by molar-refractivity contribution is 0.107. The second-order valence-electron chi connectivity index (χ2n) is 4.70. The van der Waals surface area contributed by atoms with E-state index < -0.39 is 0 Å². The number of fused-ring (bicyclic) bond motifs is 1. The molecule has 1 aromatic rings. The normalized spacial score (nSPS) is 18.2. The van der Waals surface area contributed by atoms with Crippen LogP contribution in [0.3, 0.4) is 0 Å². The molecule has 0 saturated heterocycles. The first-order chi connectivity index (χ1) is 8.92. The van der Waals surface area contributed by atoms with Gasteiger partial charge in [-0.1, -0.05) is 25.1 Å². The number of para-hydroxylation sites is 1. The fraction of sp³-hybridized carbons (Fsp3) is 0.600. The molecule has 3 nitrogen and oxygen atoms in total. The highest BCUT2D eigenvalue weighted by molar-refractivity contribution is 5.37. The second kappa shape index (κ2) is 7.39. The average molecular weight is 249 g/mol. The van der Waals surface area contributed by atoms with Crippen molar-refractivity contribution in [2.45, 2.75) is 25.7 Å². The molecule has 0 aromatic heterocycles. The fourth-order valence-electron chi connectivity index (χ4n) is 2.26. The fourth-order valence-corrected chi connectivity index (χ4v) is 2.26. The van der Waals surface area contributed by atoms with Gasteiger partial charge in [-0.15, -0.1) is 0 Å². The third-order valence-electron chi connectivity index (χ3n) is 3.25. The molecule has 1 aliphatic heterocycles. The number of ether oxygens (including phenoxy) is 2. The third-order valence-corrected chi connectivity index (χ3v) is 3.25. The van der Waals surface area contributed by atoms with E-state index >= 15 is 0 Å². The Bertz CT molecular complexity index is 354. The summed E-state index contributed by atoms with van der Waals surface area (Å²) in [5.41, 5.74) is 1.30. The second-order valence-corrected chi connectivity index (χ2v) is 4.70. The van der Waals surface area contributed by atoms with E-state index in [1.54, 1.807) is 0 Å². The maximum absolute atomic E-state index is 5.76. The van der Waals surface area contributed by atoms with Gasteiger partial charge in [0.25, 0.3) is 0 Å². The summed E-state index contributed by atoms with van der Waals surface area (Å²) in [6.45, 7) is 6.59. The lowest BCUT2D eigenvalue weighted by Crippen LogP contribution is -2.23. The van der Waals surface area contributed by atoms with E-state index in [0.29, 0.717) is 5.92 Å². The molecule has 0 saturated carbocycles. The summed E-state index contributed by atoms with van der Waals surface area (Å²) < 4.78 is 11.4. The Balaban J connectivity index is 1.74. The van der Waals surface area contributed by atoms with Crippen molar-refractivity contribution in [3.8, 4) is 5.75 Å². The number of benzene rings is 1. The van der Waals surface area contributed by atoms with E-state index in [2.05, 4.69) is 24.4 Å². The maximum atomic E-state index is 5.76. The summed E-state index contributed by atoms with van der Waals surface area (Å²) in [6, 6.07) is 8.29. The Morgan fingerprint density at radius 1 is 1.33 bits per heavy atom. The van der Waals surface area contributed by atoms with Crippen LogP contribution < -0.4 is 10.1 Å². The van der Waals surface area contributed by atoms with Gasteiger partial charge in [-0.05, 0) is 31.0 Å². The van der Waals surface area contributed by atoms with Crippen LogP contribution in [-0.2, 0) is 4.74 Å². The molecule has 0 amide bonds. The Morgan fingerprint density at radius 2 is 2.22 bits per heavy atom. The SMILES string of the molecule is CCCNCCOCC1CCOc2ccccc21. The van der Waals surface area contributed by atoms with Crippen molar-refractivity contribution < 1.29 is 9.47 Å². The zero-order chi connectivity index (χ0) is 12.6. The van der Waals surface area contributed by atoms with Crippen LogP contribution in [0.4, 0.5) is 0 Å². The largest absolute Gasteiger partial charge is 0.493 e. The molecule has 2 rings (SSSR count). The topological polar surface area (TPSA) is 30.5 Å². The van der Waals surface area contributed by atoms with E-state index in [-0.39, 0.29) is 0 Å². The molecule has 0 spiro atoms. The highest BCUT2D eigenvalue weighted by atomic mass is 16.5. The van der Waals surface area contributed by atoms with Crippen LogP contribution in [0.25, 0.3) is 0 Å². The highest BCUT2D eigenvalue weighted by Gasteiger charge is 2.20. The quantitative estimate of drug-likeness (QED) is 0.753. The highest BCUT2D eigenvalue weighted by Crippen LogP contribution is 2.33. The predicted molar refractivity (Wildman–Crippen MR) is 73.3 cm³/mol. The molecule has 1 N–H and O–H groups in total. The van der Waals surface area contributed by atoms with E-state index in [4.69, 9.17) is 9.47 Å². The molecule has 3 heteroatoms. The molecule has 1 aromatic carbocycles. The zero-order valence-electron chi connectivity index (χ0n) is 11.2. The van der Waals surface area contributed by atoms with Gasteiger partial charge in [0.05, 0.1) is 19.8 Å². The van der Waals surface area contributed by atoms with E-state index in [1.165, 1.54) is 12.0 Å². The monoisotopic (exact) mass is 249 g/mol. The van der Waals surface area contributed by atoms with Crippen molar-refractivity contribution >= 4 is 0 Å². The van der Waals surface area contributed by atoms with Crippen molar-refractivity contribution in [1.29, 1.82) is 0 Å². The minimum atomic E-state index is 0.487. The van der Waals surface area contributed by atoms with E-state index in [0.717, 1.165) is 45.1 Å². The lowest BCUT2D eigenvalue weighted by atomic mass is 9.94. The molecule has 0 fully saturated rings. The molecule has 0 radical (unpaired) electrons. The minimum Gasteiger partial charge on any atom is -0.493 e. The molecule has 0 aliphatic carbocycles. The van der Waals surface area contributed by atoms with E-state index in [9.17, 15) is 0 Å². The summed E-state index contributed by atoms with van der Waals surface area (Å²) in [5, 5.41) is 3.34. The Morgan fingerprint density at radius 3 is 3.11 bits per heavy atom. The van der Waals surface area contributed by atoms with E-state index in [1.807, 2.05) is 12.1 Å². The summed E-state index contributed by atoms with van der Waals surface area (Å²) in [4.78, 5) is 0. The van der Waals surface area contributed by atoms with Crippen molar-refractivity contribution in [1.82, 2.24) is 5.32 Å². The first-order valence-electron chi connectivity index (χ1n) is 6.92. The van der Waals surface area contributed by atoms with Gasteiger partial charge in [0.1, 0.15) is 5.75 Å². The predicted octanol–water partition coefficient (Wildman–Crippen LogP) is 2.57. The van der Waals surface area contributed by atoms with Gasteiger partial charge in [0.2, 0.25) is 0 Å². The molecular weight excluding hydrogens is 226 g/mol. The van der Waals surface area contributed by atoms with Crippen molar-refractivity contribution in [3.05, 3.63) is 29.8 Å². The summed E-state index contributed by atoms with van der Waals surface area (Å²) in [7, 11) is 0. The van der Waals surface area contributed by atoms with Crippen LogP contribution in [0.5, 0.6) is 5.75 Å². The standard InChI is InChI=1S/C15H23NO2/c1-2-8-16-9-11-17-12-13-7-10-18-15-6-4-3-5-14(13)15/h3-6,13,16H,2,7-12H2,1H3. The molecule has 1 atom stereocenters. The number of hydrogen-bond donors (Lipinski definition) is 1. The van der Waals surface area contributed by atoms with Crippen LogP contribution in [0, 0.1) is 0 Å². The van der Waals surface area contributed by atoms with Gasteiger partial charge in [-0.2, -0.15) is 0 Å². The van der Waals surface area contributed by atoms with Gasteiger partial charge in [-0.3, -0.25) is 0 Å². The molecule has 1 unspecified atom stereocenters. The van der Waals surface area contributed by atoms with Crippen LogP contribution in [0.2, 0.25) is 0 Å². The summed E-state index contributed by atoms with van der Waals surface area (Å²) >= 11 is 0. The van der Waals surface area contributed by atoms with Gasteiger partial charge < -0.3 is 14.8 Å². The molecule has 0 bridgehead atoms. The van der Waals surface area contributed by atoms with Gasteiger partial charge in [-0.25, -0.2) is 0 Å². The average Bonchev–Trinajstić information content (AvgIpc) is 2.43. The minimum absolute atomic E-state index is 0.487. The number of nitrogens with one attached hydrogen (secondary N) is 1. The van der Waals surface area contributed by atoms with Crippen molar-refractivity contribution in [2.75, 3.05) is 32.9 Å². The lowest BCUT2D eigenvalue weighted by Gasteiger charge is -2.25. The van der Waals surface area contributed by atoms with Crippen molar-refractivity contribution in [2.24, 2.45) is 0 Å². The zero-order valence-corrected chi connectivity index (χ0v) is 11.2. The molecule has 1 heterocycles. The van der Waals surface area contributed by atoms with Gasteiger partial charge >= 0.3 is 0 Å². The first kappa shape index (κ1) is 13.4. The van der Waals surface area contributed by atoms with Crippen LogP contribution in [0.1, 0.15) is 31.2 Å². The summed E-state index contributed by atoms with van der Waals surface area (Å²) in [6.07, 6.45) is 2.23. The number of rotatable bonds is 7. The molecular formula is C15H23NO2.